The third kappa shape index (κ3) is 3.26. The minimum atomic E-state index is -4.02. The minimum Gasteiger partial charge on any atom is -0.379 e. The molecule has 0 amide bonds. The maximum absolute atomic E-state index is 12.3. The second-order valence-corrected chi connectivity index (χ2v) is 6.38. The topological polar surface area (TPSA) is 106 Å². The molecule has 3 aromatic rings. The second-order valence-electron chi connectivity index (χ2n) is 4.84. The minimum absolute atomic E-state index is 0.0839. The van der Waals surface area contributed by atoms with Crippen LogP contribution in [0.2, 0.25) is 0 Å². The first-order valence-corrected chi connectivity index (χ1v) is 8.24. The Bertz CT molecular complexity index is 1020. The zero-order valence-corrected chi connectivity index (χ0v) is 13.3. The van der Waals surface area contributed by atoms with E-state index < -0.39 is 10.1 Å². The van der Waals surface area contributed by atoms with E-state index >= 15 is 0 Å². The smallest absolute Gasteiger partial charge is 0.339 e. The van der Waals surface area contributed by atoms with Crippen molar-refractivity contribution in [2.75, 3.05) is 0 Å². The molecule has 0 bridgehead atoms. The van der Waals surface area contributed by atoms with E-state index in [-0.39, 0.29) is 16.2 Å². The second kappa shape index (κ2) is 6.14. The van der Waals surface area contributed by atoms with E-state index in [2.05, 4.69) is 10.1 Å². The average Bonchev–Trinajstić information content (AvgIpc) is 3.02. The van der Waals surface area contributed by atoms with Crippen molar-refractivity contribution in [2.45, 2.75) is 11.8 Å². The van der Waals surface area contributed by atoms with Gasteiger partial charge in [0.25, 0.3) is 0 Å². The summed E-state index contributed by atoms with van der Waals surface area (Å²) in [7, 11) is -4.02. The molecule has 0 aliphatic carbocycles. The first kappa shape index (κ1) is 15.7. The fourth-order valence-corrected chi connectivity index (χ4v) is 2.95. The third-order valence-electron chi connectivity index (χ3n) is 3.10. The standard InChI is InChI=1S/C16H11N3O4S/c1-11-18-16(19-22-11)13-5-7-14(8-6-13)23-24(20,21)15-4-2-3-12(9-15)10-17/h2-9H,1H3. The molecule has 0 aliphatic rings. The Balaban J connectivity index is 1.84. The van der Waals surface area contributed by atoms with Crippen LogP contribution in [0, 0.1) is 18.3 Å². The fourth-order valence-electron chi connectivity index (χ4n) is 1.97. The van der Waals surface area contributed by atoms with Crippen molar-refractivity contribution in [3.05, 3.63) is 60.0 Å². The number of aryl methyl sites for hydroxylation is 1. The van der Waals surface area contributed by atoms with Gasteiger partial charge in [0.05, 0.1) is 11.6 Å². The van der Waals surface area contributed by atoms with E-state index in [9.17, 15) is 8.42 Å². The first-order chi connectivity index (χ1) is 11.5. The molecule has 1 heterocycles. The Kier molecular flexibility index (Phi) is 4.02. The van der Waals surface area contributed by atoms with Crippen LogP contribution >= 0.6 is 0 Å². The number of aromatic nitrogens is 2. The average molecular weight is 341 g/mol. The van der Waals surface area contributed by atoms with Crippen LogP contribution in [0.3, 0.4) is 0 Å². The number of nitrogens with zero attached hydrogens (tertiary/aromatic N) is 3. The largest absolute Gasteiger partial charge is 0.379 e. The Morgan fingerprint density at radius 1 is 1.17 bits per heavy atom. The fraction of sp³-hybridized carbons (Fsp3) is 0.0625. The maximum atomic E-state index is 12.3. The van der Waals surface area contributed by atoms with Gasteiger partial charge in [-0.15, -0.1) is 0 Å². The van der Waals surface area contributed by atoms with Crippen molar-refractivity contribution in [3.8, 4) is 23.2 Å². The van der Waals surface area contributed by atoms with Crippen molar-refractivity contribution in [2.24, 2.45) is 0 Å². The molecular weight excluding hydrogens is 330 g/mol. The molecule has 0 saturated heterocycles. The number of nitriles is 1. The molecule has 0 atom stereocenters. The van der Waals surface area contributed by atoms with Gasteiger partial charge in [-0.2, -0.15) is 18.7 Å². The van der Waals surface area contributed by atoms with E-state index in [1.807, 2.05) is 6.07 Å². The summed E-state index contributed by atoms with van der Waals surface area (Å²) >= 11 is 0. The Morgan fingerprint density at radius 3 is 2.54 bits per heavy atom. The van der Waals surface area contributed by atoms with Crippen molar-refractivity contribution in [1.29, 1.82) is 5.26 Å². The highest BCUT2D eigenvalue weighted by atomic mass is 32.2. The van der Waals surface area contributed by atoms with E-state index in [0.717, 1.165) is 0 Å². The van der Waals surface area contributed by atoms with Crippen LogP contribution in [0.15, 0.2) is 57.9 Å². The van der Waals surface area contributed by atoms with Crippen molar-refractivity contribution in [3.63, 3.8) is 0 Å². The van der Waals surface area contributed by atoms with Gasteiger partial charge in [-0.05, 0) is 42.5 Å². The molecule has 24 heavy (non-hydrogen) atoms. The molecule has 0 unspecified atom stereocenters. The normalized spacial score (nSPS) is 11.0. The summed E-state index contributed by atoms with van der Waals surface area (Å²) < 4.78 is 34.5. The van der Waals surface area contributed by atoms with E-state index in [1.165, 1.54) is 36.4 Å². The first-order valence-electron chi connectivity index (χ1n) is 6.83. The lowest BCUT2D eigenvalue weighted by Crippen LogP contribution is -2.09. The number of rotatable bonds is 4. The summed E-state index contributed by atoms with van der Waals surface area (Å²) in [4.78, 5) is 4.00. The van der Waals surface area contributed by atoms with Gasteiger partial charge in [0.2, 0.25) is 11.7 Å². The zero-order valence-electron chi connectivity index (χ0n) is 12.5. The molecule has 0 fully saturated rings. The Hall–Kier alpha value is -3.18. The molecule has 2 aromatic carbocycles. The predicted octanol–water partition coefficient (Wildman–Crippen LogP) is 2.68. The number of hydrogen-bond acceptors (Lipinski definition) is 7. The number of hydrogen-bond donors (Lipinski definition) is 0. The zero-order chi connectivity index (χ0) is 17.2. The van der Waals surface area contributed by atoms with Gasteiger partial charge in [-0.1, -0.05) is 11.2 Å². The predicted molar refractivity (Wildman–Crippen MR) is 83.4 cm³/mol. The molecule has 0 saturated carbocycles. The molecule has 7 nitrogen and oxygen atoms in total. The lowest BCUT2D eigenvalue weighted by molar-refractivity contribution is 0.394. The lowest BCUT2D eigenvalue weighted by Gasteiger charge is -2.07. The monoisotopic (exact) mass is 341 g/mol. The summed E-state index contributed by atoms with van der Waals surface area (Å²) in [5.74, 6) is 0.982. The van der Waals surface area contributed by atoms with Crippen LogP contribution in [-0.2, 0) is 10.1 Å². The quantitative estimate of drug-likeness (QED) is 0.671. The van der Waals surface area contributed by atoms with Crippen LogP contribution in [0.1, 0.15) is 11.5 Å². The van der Waals surface area contributed by atoms with Crippen molar-refractivity contribution < 1.29 is 17.1 Å². The molecule has 0 aliphatic heterocycles. The van der Waals surface area contributed by atoms with E-state index in [4.69, 9.17) is 14.0 Å². The van der Waals surface area contributed by atoms with Crippen LogP contribution < -0.4 is 4.18 Å². The number of benzene rings is 2. The van der Waals surface area contributed by atoms with Crippen LogP contribution in [0.25, 0.3) is 11.4 Å². The summed E-state index contributed by atoms with van der Waals surface area (Å²) in [6.07, 6.45) is 0. The molecule has 3 rings (SSSR count). The van der Waals surface area contributed by atoms with Crippen molar-refractivity contribution in [1.82, 2.24) is 10.1 Å². The summed E-state index contributed by atoms with van der Waals surface area (Å²) in [6.45, 7) is 1.68. The van der Waals surface area contributed by atoms with Gasteiger partial charge >= 0.3 is 10.1 Å². The lowest BCUT2D eigenvalue weighted by atomic mass is 10.2. The van der Waals surface area contributed by atoms with Gasteiger partial charge in [-0.3, -0.25) is 0 Å². The Morgan fingerprint density at radius 2 is 1.92 bits per heavy atom. The van der Waals surface area contributed by atoms with Crippen LogP contribution in [0.5, 0.6) is 5.75 Å². The molecule has 0 radical (unpaired) electrons. The maximum Gasteiger partial charge on any atom is 0.339 e. The molecule has 0 N–H and O–H groups in total. The van der Waals surface area contributed by atoms with Crippen LogP contribution in [-0.4, -0.2) is 18.6 Å². The third-order valence-corrected chi connectivity index (χ3v) is 4.34. The highest BCUT2D eigenvalue weighted by molar-refractivity contribution is 7.87. The molecule has 0 spiro atoms. The van der Waals surface area contributed by atoms with E-state index in [0.29, 0.717) is 17.3 Å². The van der Waals surface area contributed by atoms with Gasteiger partial charge in [0.1, 0.15) is 10.6 Å². The summed E-state index contributed by atoms with van der Waals surface area (Å²) in [5.41, 5.74) is 0.908. The van der Waals surface area contributed by atoms with Gasteiger partial charge in [-0.25, -0.2) is 0 Å². The molecule has 120 valence electrons. The van der Waals surface area contributed by atoms with Gasteiger partial charge < -0.3 is 8.71 Å². The molecule has 8 heteroatoms. The SMILES string of the molecule is Cc1nc(-c2ccc(OS(=O)(=O)c3cccc(C#N)c3)cc2)no1. The molecule has 1 aromatic heterocycles. The van der Waals surface area contributed by atoms with Crippen molar-refractivity contribution >= 4 is 10.1 Å². The summed E-state index contributed by atoms with van der Waals surface area (Å²) in [6, 6.07) is 13.7. The highest BCUT2D eigenvalue weighted by Gasteiger charge is 2.17. The highest BCUT2D eigenvalue weighted by Crippen LogP contribution is 2.23. The van der Waals surface area contributed by atoms with E-state index in [1.54, 1.807) is 19.1 Å². The molecular formula is C16H11N3O4S. The van der Waals surface area contributed by atoms with Gasteiger partial charge in [0, 0.05) is 12.5 Å². The Labute approximate surface area is 138 Å². The summed E-state index contributed by atoms with van der Waals surface area (Å²) in [5, 5.41) is 12.6. The van der Waals surface area contributed by atoms with Crippen LogP contribution in [0.4, 0.5) is 0 Å². The van der Waals surface area contributed by atoms with Gasteiger partial charge in [0.15, 0.2) is 0 Å².